The number of hydrogen-bond acceptors (Lipinski definition) is 4. The topological polar surface area (TPSA) is 55.8 Å². The van der Waals surface area contributed by atoms with Crippen LogP contribution in [-0.2, 0) is 4.79 Å². The summed E-state index contributed by atoms with van der Waals surface area (Å²) >= 11 is 0.827. The average Bonchev–Trinajstić information content (AvgIpc) is 2.61. The Hall–Kier alpha value is -1.57. The average molecular weight is 322 g/mol. The highest BCUT2D eigenvalue weighted by Crippen LogP contribution is 2.36. The maximum absolute atomic E-state index is 12.6. The van der Waals surface area contributed by atoms with Gasteiger partial charge >= 0.3 is 12.1 Å². The summed E-state index contributed by atoms with van der Waals surface area (Å²) < 4.78 is 48.5. The monoisotopic (exact) mass is 322 g/mol. The van der Waals surface area contributed by atoms with Crippen LogP contribution in [0, 0.1) is 5.92 Å². The summed E-state index contributed by atoms with van der Waals surface area (Å²) in [5.74, 6) is -3.83. The molecule has 1 N–H and O–H groups in total. The van der Waals surface area contributed by atoms with Crippen LogP contribution < -0.4 is 9.47 Å². The van der Waals surface area contributed by atoms with E-state index in [9.17, 15) is 18.0 Å². The van der Waals surface area contributed by atoms with E-state index in [1.807, 2.05) is 0 Å². The predicted molar refractivity (Wildman–Crippen MR) is 70.0 cm³/mol. The molecule has 0 saturated heterocycles. The number of benzene rings is 1. The fourth-order valence-corrected chi connectivity index (χ4v) is 2.76. The van der Waals surface area contributed by atoms with E-state index in [0.717, 1.165) is 18.2 Å². The molecule has 1 atom stereocenters. The molecule has 0 bridgehead atoms. The third-order valence-electron chi connectivity index (χ3n) is 2.83. The molecule has 116 valence electrons. The van der Waals surface area contributed by atoms with E-state index in [1.165, 1.54) is 0 Å². The van der Waals surface area contributed by atoms with Crippen LogP contribution in [0.2, 0.25) is 0 Å². The van der Waals surface area contributed by atoms with Crippen molar-refractivity contribution >= 4 is 17.7 Å². The van der Waals surface area contributed by atoms with Gasteiger partial charge in [-0.05, 0) is 18.2 Å². The highest BCUT2D eigenvalue weighted by atomic mass is 32.2. The number of fused-ring (bicyclic) bond motifs is 1. The van der Waals surface area contributed by atoms with Gasteiger partial charge in [-0.3, -0.25) is 4.79 Å². The van der Waals surface area contributed by atoms with Crippen LogP contribution in [0.15, 0.2) is 23.1 Å². The van der Waals surface area contributed by atoms with Gasteiger partial charge in [-0.15, -0.1) is 11.8 Å². The molecular formula is C13H13F3O4S. The normalized spacial score (nSPS) is 16.1. The van der Waals surface area contributed by atoms with E-state index in [1.54, 1.807) is 18.2 Å². The summed E-state index contributed by atoms with van der Waals surface area (Å²) in [6.07, 6.45) is -4.03. The molecule has 8 heteroatoms. The van der Waals surface area contributed by atoms with Gasteiger partial charge in [0, 0.05) is 17.1 Å². The third kappa shape index (κ3) is 4.20. The SMILES string of the molecule is O=C(O)C(CSc1ccc2c(c1)OCCCO2)C(F)(F)F. The van der Waals surface area contributed by atoms with Gasteiger partial charge in [0.25, 0.3) is 0 Å². The van der Waals surface area contributed by atoms with E-state index in [4.69, 9.17) is 14.6 Å². The van der Waals surface area contributed by atoms with E-state index < -0.39 is 23.8 Å². The summed E-state index contributed by atoms with van der Waals surface area (Å²) in [7, 11) is 0. The minimum atomic E-state index is -4.76. The first-order valence-corrected chi connectivity index (χ1v) is 7.18. The fourth-order valence-electron chi connectivity index (χ4n) is 1.72. The second-order valence-electron chi connectivity index (χ2n) is 4.40. The minimum Gasteiger partial charge on any atom is -0.490 e. The van der Waals surface area contributed by atoms with Crippen molar-refractivity contribution in [2.24, 2.45) is 5.92 Å². The molecule has 0 radical (unpaired) electrons. The molecule has 1 aliphatic rings. The van der Waals surface area contributed by atoms with Crippen molar-refractivity contribution in [3.8, 4) is 11.5 Å². The van der Waals surface area contributed by atoms with E-state index in [2.05, 4.69) is 0 Å². The van der Waals surface area contributed by atoms with Gasteiger partial charge in [0.1, 0.15) is 0 Å². The zero-order chi connectivity index (χ0) is 15.5. The number of alkyl halides is 3. The number of halogens is 3. The Morgan fingerprint density at radius 3 is 2.57 bits per heavy atom. The van der Waals surface area contributed by atoms with Gasteiger partial charge in [0.05, 0.1) is 13.2 Å². The fraction of sp³-hybridized carbons (Fsp3) is 0.462. The molecule has 0 amide bonds. The number of aliphatic carboxylic acids is 1. The first kappa shape index (κ1) is 15.8. The maximum atomic E-state index is 12.6. The number of thioether (sulfide) groups is 1. The first-order chi connectivity index (χ1) is 9.88. The molecule has 21 heavy (non-hydrogen) atoms. The van der Waals surface area contributed by atoms with Gasteiger partial charge in [-0.2, -0.15) is 13.2 Å². The van der Waals surface area contributed by atoms with Crippen molar-refractivity contribution in [2.45, 2.75) is 17.5 Å². The first-order valence-electron chi connectivity index (χ1n) is 6.20. The van der Waals surface area contributed by atoms with E-state index in [-0.39, 0.29) is 0 Å². The van der Waals surface area contributed by atoms with Crippen molar-refractivity contribution in [2.75, 3.05) is 19.0 Å². The number of carbonyl (C=O) groups is 1. The second-order valence-corrected chi connectivity index (χ2v) is 5.50. The number of carboxylic acid groups (broad SMARTS) is 1. The number of rotatable bonds is 4. The van der Waals surface area contributed by atoms with Crippen molar-refractivity contribution in [3.63, 3.8) is 0 Å². The van der Waals surface area contributed by atoms with Gasteiger partial charge < -0.3 is 14.6 Å². The Bertz CT molecular complexity index is 519. The van der Waals surface area contributed by atoms with Crippen LogP contribution in [0.1, 0.15) is 6.42 Å². The molecule has 1 unspecified atom stereocenters. The van der Waals surface area contributed by atoms with E-state index in [0.29, 0.717) is 29.6 Å². The lowest BCUT2D eigenvalue weighted by Crippen LogP contribution is -2.32. The second kappa shape index (κ2) is 6.46. The van der Waals surface area contributed by atoms with Crippen LogP contribution in [0.5, 0.6) is 11.5 Å². The van der Waals surface area contributed by atoms with Crippen LogP contribution in [0.25, 0.3) is 0 Å². The van der Waals surface area contributed by atoms with Gasteiger partial charge in [0.2, 0.25) is 0 Å². The van der Waals surface area contributed by atoms with Crippen molar-refractivity contribution < 1.29 is 32.5 Å². The van der Waals surface area contributed by atoms with Gasteiger partial charge in [-0.1, -0.05) is 0 Å². The van der Waals surface area contributed by atoms with Gasteiger partial charge in [0.15, 0.2) is 17.4 Å². The molecule has 2 rings (SSSR count). The summed E-state index contributed by atoms with van der Waals surface area (Å²) in [4.78, 5) is 11.2. The largest absolute Gasteiger partial charge is 0.490 e. The molecule has 4 nitrogen and oxygen atoms in total. The lowest BCUT2D eigenvalue weighted by molar-refractivity contribution is -0.188. The quantitative estimate of drug-likeness (QED) is 0.863. The Morgan fingerprint density at radius 2 is 1.95 bits per heavy atom. The molecular weight excluding hydrogens is 309 g/mol. The molecule has 1 aromatic carbocycles. The maximum Gasteiger partial charge on any atom is 0.403 e. The summed E-state index contributed by atoms with van der Waals surface area (Å²) in [5.41, 5.74) is 0. The summed E-state index contributed by atoms with van der Waals surface area (Å²) in [6.45, 7) is 0.996. The number of ether oxygens (including phenoxy) is 2. The lowest BCUT2D eigenvalue weighted by Gasteiger charge is -2.16. The standard InChI is InChI=1S/C13H13F3O4S/c14-13(15,16)9(12(17)18)7-21-8-2-3-10-11(6-8)20-5-1-4-19-10/h2-3,6,9H,1,4-5,7H2,(H,17,18). The lowest BCUT2D eigenvalue weighted by atomic mass is 10.2. The highest BCUT2D eigenvalue weighted by Gasteiger charge is 2.44. The van der Waals surface area contributed by atoms with Crippen LogP contribution in [-0.4, -0.2) is 36.2 Å². The zero-order valence-electron chi connectivity index (χ0n) is 10.9. The van der Waals surface area contributed by atoms with Gasteiger partial charge in [-0.25, -0.2) is 0 Å². The van der Waals surface area contributed by atoms with Crippen molar-refractivity contribution in [3.05, 3.63) is 18.2 Å². The molecule has 1 aliphatic heterocycles. The molecule has 1 heterocycles. The summed E-state index contributed by atoms with van der Waals surface area (Å²) in [6, 6.07) is 4.78. The van der Waals surface area contributed by atoms with Crippen LogP contribution in [0.4, 0.5) is 13.2 Å². The molecule has 1 aromatic rings. The zero-order valence-corrected chi connectivity index (χ0v) is 11.7. The predicted octanol–water partition coefficient (Wildman–Crippen LogP) is 3.20. The Morgan fingerprint density at radius 1 is 1.29 bits per heavy atom. The molecule has 0 fully saturated rings. The smallest absolute Gasteiger partial charge is 0.403 e. The van der Waals surface area contributed by atoms with Crippen LogP contribution >= 0.6 is 11.8 Å². The van der Waals surface area contributed by atoms with Crippen LogP contribution in [0.3, 0.4) is 0 Å². The van der Waals surface area contributed by atoms with Crippen molar-refractivity contribution in [1.29, 1.82) is 0 Å². The Balaban J connectivity index is 2.06. The van der Waals surface area contributed by atoms with Crippen molar-refractivity contribution in [1.82, 2.24) is 0 Å². The Kier molecular flexibility index (Phi) is 4.87. The highest BCUT2D eigenvalue weighted by molar-refractivity contribution is 7.99. The third-order valence-corrected chi connectivity index (χ3v) is 3.92. The summed E-state index contributed by atoms with van der Waals surface area (Å²) in [5, 5.41) is 8.64. The molecule has 0 saturated carbocycles. The molecule has 0 aliphatic carbocycles. The Labute approximate surface area is 123 Å². The van der Waals surface area contributed by atoms with E-state index >= 15 is 0 Å². The number of carboxylic acids is 1. The minimum absolute atomic E-state index is 0.469. The number of hydrogen-bond donors (Lipinski definition) is 1. The molecule has 0 spiro atoms. The molecule has 0 aromatic heterocycles.